The van der Waals surface area contributed by atoms with Gasteiger partial charge in [0, 0.05) is 0 Å². The van der Waals surface area contributed by atoms with E-state index in [4.69, 9.17) is 9.47 Å². The summed E-state index contributed by atoms with van der Waals surface area (Å²) in [7, 11) is -1.91. The number of alkyl halides is 3. The number of methoxy groups -OCH3 is 2. The first-order valence-corrected chi connectivity index (χ1v) is 11.7. The zero-order chi connectivity index (χ0) is 25.6. The van der Waals surface area contributed by atoms with E-state index in [1.54, 1.807) is 18.2 Å². The molecule has 0 bridgehead atoms. The minimum absolute atomic E-state index is 0.149. The van der Waals surface area contributed by atoms with Crippen molar-refractivity contribution < 1.29 is 40.6 Å². The second kappa shape index (κ2) is 10.7. The molecule has 0 aliphatic carbocycles. The van der Waals surface area contributed by atoms with E-state index in [-0.39, 0.29) is 16.9 Å². The summed E-state index contributed by atoms with van der Waals surface area (Å²) in [6, 6.07) is 17.0. The molecule has 0 heterocycles. The number of carbonyl (C=O) groups is 1. The molecular formula is C24H22F3NO6S. The number of esters is 1. The third-order valence-electron chi connectivity index (χ3n) is 4.85. The molecule has 3 aromatic rings. The summed E-state index contributed by atoms with van der Waals surface area (Å²) in [6.45, 7) is -1.69. The van der Waals surface area contributed by atoms with Crippen molar-refractivity contribution in [2.75, 3.05) is 25.5 Å². The molecule has 7 nitrogen and oxygen atoms in total. The van der Waals surface area contributed by atoms with Crippen LogP contribution in [0.3, 0.4) is 0 Å². The van der Waals surface area contributed by atoms with Gasteiger partial charge < -0.3 is 14.2 Å². The molecular weight excluding hydrogens is 487 g/mol. The average Bonchev–Trinajstić information content (AvgIpc) is 2.82. The molecule has 1 N–H and O–H groups in total. The van der Waals surface area contributed by atoms with E-state index in [2.05, 4.69) is 9.46 Å². The van der Waals surface area contributed by atoms with Gasteiger partial charge in [0.2, 0.25) is 0 Å². The van der Waals surface area contributed by atoms with Crippen molar-refractivity contribution in [3.8, 4) is 11.5 Å². The highest BCUT2D eigenvalue weighted by atomic mass is 32.2. The van der Waals surface area contributed by atoms with Crippen molar-refractivity contribution in [3.05, 3.63) is 83.4 Å². The van der Waals surface area contributed by atoms with Crippen LogP contribution in [0.15, 0.2) is 71.6 Å². The second-order valence-electron chi connectivity index (χ2n) is 7.32. The highest BCUT2D eigenvalue weighted by Gasteiger charge is 2.31. The maximum atomic E-state index is 13.4. The van der Waals surface area contributed by atoms with Gasteiger partial charge in [-0.1, -0.05) is 36.4 Å². The molecule has 0 aliphatic rings. The molecule has 0 atom stereocenters. The van der Waals surface area contributed by atoms with Gasteiger partial charge in [0.05, 0.1) is 24.7 Å². The van der Waals surface area contributed by atoms with E-state index in [9.17, 15) is 26.4 Å². The number of sulfonamides is 1. The summed E-state index contributed by atoms with van der Waals surface area (Å²) in [5.41, 5.74) is 0.414. The van der Waals surface area contributed by atoms with Crippen LogP contribution in [0.2, 0.25) is 0 Å². The average molecular weight is 510 g/mol. The standard InChI is InChI=1S/C24H22F3NO6S/c1-32-18-11-12-21(17(14-18)13-16-7-4-3-5-8-16)35(30,31)28-22-19(23(29)33-2)9-6-10-20(22)34-15-24(25,26)27/h3-12,14,28H,13,15H2,1-2H3. The number of carbonyl (C=O) groups excluding carboxylic acids is 1. The Kier molecular flexibility index (Phi) is 7.90. The first-order chi connectivity index (χ1) is 16.5. The highest BCUT2D eigenvalue weighted by molar-refractivity contribution is 7.92. The van der Waals surface area contributed by atoms with Gasteiger partial charge in [-0.25, -0.2) is 13.2 Å². The molecule has 0 spiro atoms. The normalized spacial score (nSPS) is 11.6. The first kappa shape index (κ1) is 25.9. The van der Waals surface area contributed by atoms with Crippen LogP contribution < -0.4 is 14.2 Å². The van der Waals surface area contributed by atoms with Crippen LogP contribution in [0.1, 0.15) is 21.5 Å². The molecule has 0 saturated carbocycles. The third kappa shape index (κ3) is 6.66. The number of nitrogens with one attached hydrogen (secondary N) is 1. The molecule has 0 radical (unpaired) electrons. The summed E-state index contributed by atoms with van der Waals surface area (Å²) < 4.78 is 82.1. The van der Waals surface area contributed by atoms with Crippen LogP contribution in [0.5, 0.6) is 11.5 Å². The van der Waals surface area contributed by atoms with Gasteiger partial charge in [-0.2, -0.15) is 13.2 Å². The lowest BCUT2D eigenvalue weighted by Crippen LogP contribution is -2.22. The molecule has 0 aliphatic heterocycles. The minimum Gasteiger partial charge on any atom is -0.497 e. The van der Waals surface area contributed by atoms with Crippen LogP contribution in [0.4, 0.5) is 18.9 Å². The van der Waals surface area contributed by atoms with Crippen molar-refractivity contribution >= 4 is 21.7 Å². The molecule has 0 amide bonds. The van der Waals surface area contributed by atoms with Crippen LogP contribution in [0.25, 0.3) is 0 Å². The summed E-state index contributed by atoms with van der Waals surface area (Å²) in [4.78, 5) is 12.1. The Balaban J connectivity index is 2.07. The molecule has 35 heavy (non-hydrogen) atoms. The molecule has 186 valence electrons. The van der Waals surface area contributed by atoms with Gasteiger partial charge in [0.15, 0.2) is 6.61 Å². The fourth-order valence-electron chi connectivity index (χ4n) is 3.28. The van der Waals surface area contributed by atoms with Gasteiger partial charge in [0.1, 0.15) is 17.2 Å². The lowest BCUT2D eigenvalue weighted by molar-refractivity contribution is -0.153. The van der Waals surface area contributed by atoms with E-state index in [1.807, 2.05) is 18.2 Å². The number of halogens is 3. The van der Waals surface area contributed by atoms with Gasteiger partial charge >= 0.3 is 12.1 Å². The zero-order valence-corrected chi connectivity index (χ0v) is 19.6. The van der Waals surface area contributed by atoms with Crippen molar-refractivity contribution in [3.63, 3.8) is 0 Å². The molecule has 0 saturated heterocycles. The largest absolute Gasteiger partial charge is 0.497 e. The van der Waals surface area contributed by atoms with Crippen LogP contribution in [-0.4, -0.2) is 41.4 Å². The lowest BCUT2D eigenvalue weighted by atomic mass is 10.0. The molecule has 0 fully saturated rings. The van der Waals surface area contributed by atoms with E-state index >= 15 is 0 Å². The number of hydrogen-bond donors (Lipinski definition) is 1. The van der Waals surface area contributed by atoms with Crippen molar-refractivity contribution in [1.82, 2.24) is 0 Å². The SMILES string of the molecule is COC(=O)c1cccc(OCC(F)(F)F)c1NS(=O)(=O)c1ccc(OC)cc1Cc1ccccc1. The van der Waals surface area contributed by atoms with E-state index in [1.165, 1.54) is 31.4 Å². The summed E-state index contributed by atoms with van der Waals surface area (Å²) in [6.07, 6.45) is -4.46. The Morgan fingerprint density at radius 3 is 2.31 bits per heavy atom. The van der Waals surface area contributed by atoms with Crippen LogP contribution in [-0.2, 0) is 21.2 Å². The Bertz CT molecular complexity index is 1290. The maximum absolute atomic E-state index is 13.4. The minimum atomic E-state index is -4.68. The predicted molar refractivity (Wildman–Crippen MR) is 122 cm³/mol. The number of rotatable bonds is 9. The van der Waals surface area contributed by atoms with Crippen molar-refractivity contribution in [1.29, 1.82) is 0 Å². The number of benzene rings is 3. The first-order valence-electron chi connectivity index (χ1n) is 10.2. The van der Waals surface area contributed by atoms with Gasteiger partial charge in [-0.3, -0.25) is 4.72 Å². The Morgan fingerprint density at radius 1 is 0.971 bits per heavy atom. The molecule has 11 heteroatoms. The Hall–Kier alpha value is -3.73. The fraction of sp³-hybridized carbons (Fsp3) is 0.208. The van der Waals surface area contributed by atoms with E-state index in [0.717, 1.165) is 18.7 Å². The molecule has 3 aromatic carbocycles. The maximum Gasteiger partial charge on any atom is 0.422 e. The van der Waals surface area contributed by atoms with Crippen molar-refractivity contribution in [2.24, 2.45) is 0 Å². The Morgan fingerprint density at radius 2 is 1.69 bits per heavy atom. The zero-order valence-electron chi connectivity index (χ0n) is 18.8. The molecule has 0 unspecified atom stereocenters. The van der Waals surface area contributed by atoms with E-state index in [0.29, 0.717) is 11.3 Å². The molecule has 3 rings (SSSR count). The monoisotopic (exact) mass is 509 g/mol. The van der Waals surface area contributed by atoms with Gasteiger partial charge in [0.25, 0.3) is 10.0 Å². The number of hydrogen-bond acceptors (Lipinski definition) is 6. The molecule has 0 aromatic heterocycles. The third-order valence-corrected chi connectivity index (χ3v) is 6.30. The second-order valence-corrected chi connectivity index (χ2v) is 8.97. The highest BCUT2D eigenvalue weighted by Crippen LogP contribution is 2.34. The van der Waals surface area contributed by atoms with Gasteiger partial charge in [-0.15, -0.1) is 0 Å². The van der Waals surface area contributed by atoms with Gasteiger partial charge in [-0.05, 0) is 47.9 Å². The van der Waals surface area contributed by atoms with Crippen LogP contribution in [0, 0.1) is 0 Å². The summed E-state index contributed by atoms with van der Waals surface area (Å²) in [5, 5.41) is 0. The van der Waals surface area contributed by atoms with Crippen molar-refractivity contribution in [2.45, 2.75) is 17.5 Å². The summed E-state index contributed by atoms with van der Waals surface area (Å²) >= 11 is 0. The fourth-order valence-corrected chi connectivity index (χ4v) is 4.60. The number of para-hydroxylation sites is 1. The number of anilines is 1. The lowest BCUT2D eigenvalue weighted by Gasteiger charge is -2.18. The smallest absolute Gasteiger partial charge is 0.422 e. The quantitative estimate of drug-likeness (QED) is 0.416. The topological polar surface area (TPSA) is 90.9 Å². The van der Waals surface area contributed by atoms with Crippen LogP contribution >= 0.6 is 0 Å². The summed E-state index contributed by atoms with van der Waals surface area (Å²) in [5.74, 6) is -1.02. The predicted octanol–water partition coefficient (Wildman–Crippen LogP) is 4.81. The number of ether oxygens (including phenoxy) is 3. The van der Waals surface area contributed by atoms with E-state index < -0.39 is 40.2 Å². The Labute approximate surface area is 200 Å².